The molecule has 2 amide bonds. The number of methoxy groups -OCH3 is 1. The largest absolute Gasteiger partial charge is 0.467 e. The zero-order valence-corrected chi connectivity index (χ0v) is 8.02. The van der Waals surface area contributed by atoms with Crippen LogP contribution in [-0.4, -0.2) is 54.9 Å². The van der Waals surface area contributed by atoms with Crippen LogP contribution in [0.1, 0.15) is 6.42 Å². The summed E-state index contributed by atoms with van der Waals surface area (Å²) in [6.45, 7) is 1.18. The van der Waals surface area contributed by atoms with Gasteiger partial charge in [0.2, 0.25) is 0 Å². The molecule has 1 aliphatic heterocycles. The zero-order valence-electron chi connectivity index (χ0n) is 8.02. The van der Waals surface area contributed by atoms with Gasteiger partial charge in [0.25, 0.3) is 0 Å². The molecule has 0 aliphatic carbocycles. The smallest absolute Gasteiger partial charge is 0.336 e. The Labute approximate surface area is 81.8 Å². The van der Waals surface area contributed by atoms with Crippen molar-refractivity contribution in [2.75, 3.05) is 26.7 Å². The molecule has 0 radical (unpaired) electrons. The van der Waals surface area contributed by atoms with E-state index in [2.05, 4.69) is 10.1 Å². The Hall–Kier alpha value is -1.30. The van der Waals surface area contributed by atoms with Gasteiger partial charge in [0.15, 0.2) is 6.10 Å². The molecule has 14 heavy (non-hydrogen) atoms. The normalized spacial score (nSPS) is 18.7. The third-order valence-corrected chi connectivity index (χ3v) is 2.03. The lowest BCUT2D eigenvalue weighted by atomic mass is 10.2. The number of esters is 1. The molecule has 1 fully saturated rings. The highest BCUT2D eigenvalue weighted by Crippen LogP contribution is 2.01. The molecule has 1 unspecified atom stereocenters. The minimum Gasteiger partial charge on any atom is -0.467 e. The van der Waals surface area contributed by atoms with Crippen molar-refractivity contribution in [1.82, 2.24) is 10.2 Å². The summed E-state index contributed by atoms with van der Waals surface area (Å²) < 4.78 is 4.34. The molecule has 0 bridgehead atoms. The second-order valence-electron chi connectivity index (χ2n) is 3.07. The molecule has 0 aromatic carbocycles. The highest BCUT2D eigenvalue weighted by atomic mass is 16.5. The van der Waals surface area contributed by atoms with Gasteiger partial charge in [0, 0.05) is 13.1 Å². The number of amides is 2. The van der Waals surface area contributed by atoms with E-state index < -0.39 is 12.1 Å². The first kappa shape index (κ1) is 10.8. The number of aliphatic hydroxyl groups is 1. The van der Waals surface area contributed by atoms with E-state index in [9.17, 15) is 14.7 Å². The summed E-state index contributed by atoms with van der Waals surface area (Å²) in [5.41, 5.74) is 0. The first-order valence-electron chi connectivity index (χ1n) is 4.44. The van der Waals surface area contributed by atoms with Gasteiger partial charge in [-0.2, -0.15) is 0 Å². The standard InChI is InChI=1S/C8H14N2O4/c1-14-7(12)6(11)5-10-4-2-3-9-8(10)13/h6,11H,2-5H2,1H3,(H,9,13). The topological polar surface area (TPSA) is 78.9 Å². The number of nitrogens with zero attached hydrogens (tertiary/aromatic N) is 1. The van der Waals surface area contributed by atoms with E-state index in [-0.39, 0.29) is 12.6 Å². The lowest BCUT2D eigenvalue weighted by Gasteiger charge is -2.28. The summed E-state index contributed by atoms with van der Waals surface area (Å²) in [5.74, 6) is -0.719. The van der Waals surface area contributed by atoms with E-state index in [1.165, 1.54) is 12.0 Å². The highest BCUT2D eigenvalue weighted by Gasteiger charge is 2.24. The predicted octanol–water partition coefficient (Wildman–Crippen LogP) is -1.06. The molecule has 0 spiro atoms. The maximum Gasteiger partial charge on any atom is 0.336 e. The quantitative estimate of drug-likeness (QED) is 0.571. The van der Waals surface area contributed by atoms with E-state index in [1.807, 2.05) is 0 Å². The van der Waals surface area contributed by atoms with E-state index >= 15 is 0 Å². The number of nitrogens with one attached hydrogen (secondary N) is 1. The van der Waals surface area contributed by atoms with Gasteiger partial charge >= 0.3 is 12.0 Å². The second kappa shape index (κ2) is 4.80. The van der Waals surface area contributed by atoms with E-state index in [1.54, 1.807) is 0 Å². The van der Waals surface area contributed by atoms with Crippen molar-refractivity contribution in [3.63, 3.8) is 0 Å². The van der Waals surface area contributed by atoms with Crippen molar-refractivity contribution in [2.45, 2.75) is 12.5 Å². The Kier molecular flexibility index (Phi) is 3.70. The van der Waals surface area contributed by atoms with Crippen molar-refractivity contribution in [2.24, 2.45) is 0 Å². The van der Waals surface area contributed by atoms with Crippen LogP contribution < -0.4 is 5.32 Å². The molecule has 80 valence electrons. The molecule has 2 N–H and O–H groups in total. The lowest BCUT2D eigenvalue weighted by Crippen LogP contribution is -2.50. The minimum atomic E-state index is -1.26. The van der Waals surface area contributed by atoms with Crippen molar-refractivity contribution in [3.8, 4) is 0 Å². The van der Waals surface area contributed by atoms with Gasteiger partial charge in [0.05, 0.1) is 13.7 Å². The Morgan fingerprint density at radius 1 is 1.79 bits per heavy atom. The van der Waals surface area contributed by atoms with Gasteiger partial charge in [-0.1, -0.05) is 0 Å². The Balaban J connectivity index is 2.42. The fourth-order valence-corrected chi connectivity index (χ4v) is 1.27. The number of carbonyl (C=O) groups excluding carboxylic acids is 2. The van der Waals surface area contributed by atoms with Crippen molar-refractivity contribution in [3.05, 3.63) is 0 Å². The number of rotatable bonds is 3. The highest BCUT2D eigenvalue weighted by molar-refractivity contribution is 5.78. The van der Waals surface area contributed by atoms with E-state index in [0.29, 0.717) is 13.1 Å². The van der Waals surface area contributed by atoms with Crippen LogP contribution in [0.5, 0.6) is 0 Å². The third-order valence-electron chi connectivity index (χ3n) is 2.03. The maximum absolute atomic E-state index is 11.2. The molecule has 1 heterocycles. The monoisotopic (exact) mass is 202 g/mol. The average Bonchev–Trinajstić information content (AvgIpc) is 2.20. The molecule has 1 atom stereocenters. The fourth-order valence-electron chi connectivity index (χ4n) is 1.27. The third kappa shape index (κ3) is 2.59. The number of hydrogen-bond acceptors (Lipinski definition) is 4. The average molecular weight is 202 g/mol. The molecule has 0 aromatic heterocycles. The first-order chi connectivity index (χ1) is 6.65. The molecule has 0 saturated carbocycles. The van der Waals surface area contributed by atoms with Crippen LogP contribution in [0.2, 0.25) is 0 Å². The summed E-state index contributed by atoms with van der Waals surface area (Å²) in [4.78, 5) is 23.4. The van der Waals surface area contributed by atoms with Crippen molar-refractivity contribution >= 4 is 12.0 Å². The van der Waals surface area contributed by atoms with Crippen LogP contribution in [0.3, 0.4) is 0 Å². The first-order valence-corrected chi connectivity index (χ1v) is 4.44. The molecule has 6 heteroatoms. The van der Waals surface area contributed by atoms with Crippen molar-refractivity contribution in [1.29, 1.82) is 0 Å². The van der Waals surface area contributed by atoms with Gasteiger partial charge in [-0.3, -0.25) is 0 Å². The lowest BCUT2D eigenvalue weighted by molar-refractivity contribution is -0.150. The molecule has 0 aromatic rings. The number of urea groups is 1. The Morgan fingerprint density at radius 2 is 2.50 bits per heavy atom. The Morgan fingerprint density at radius 3 is 3.07 bits per heavy atom. The summed E-state index contributed by atoms with van der Waals surface area (Å²) in [6, 6.07) is -0.251. The number of ether oxygens (including phenoxy) is 1. The number of carbonyl (C=O) groups is 2. The fraction of sp³-hybridized carbons (Fsp3) is 0.750. The summed E-state index contributed by atoms with van der Waals surface area (Å²) in [5, 5.41) is 11.9. The van der Waals surface area contributed by atoms with E-state index in [4.69, 9.17) is 0 Å². The van der Waals surface area contributed by atoms with Crippen LogP contribution in [-0.2, 0) is 9.53 Å². The zero-order chi connectivity index (χ0) is 10.6. The molecule has 1 saturated heterocycles. The van der Waals surface area contributed by atoms with Gasteiger partial charge in [-0.25, -0.2) is 9.59 Å². The maximum atomic E-state index is 11.2. The van der Waals surface area contributed by atoms with Crippen LogP contribution in [0.25, 0.3) is 0 Å². The molecule has 1 aliphatic rings. The van der Waals surface area contributed by atoms with Crippen LogP contribution in [0.15, 0.2) is 0 Å². The molecule has 1 rings (SSSR count). The Bertz CT molecular complexity index is 231. The van der Waals surface area contributed by atoms with Gasteiger partial charge < -0.3 is 20.1 Å². The molecular weight excluding hydrogens is 188 g/mol. The van der Waals surface area contributed by atoms with Crippen LogP contribution in [0.4, 0.5) is 4.79 Å². The molecule has 6 nitrogen and oxygen atoms in total. The summed E-state index contributed by atoms with van der Waals surface area (Å²) >= 11 is 0. The minimum absolute atomic E-state index is 0.0154. The predicted molar refractivity (Wildman–Crippen MR) is 47.6 cm³/mol. The summed E-state index contributed by atoms with van der Waals surface area (Å²) in [7, 11) is 1.20. The summed E-state index contributed by atoms with van der Waals surface area (Å²) in [6.07, 6.45) is -0.441. The number of β-amino-alcohol motifs (C(OH)–C–C–N with tert-alkyl or cyclic N) is 1. The van der Waals surface area contributed by atoms with Crippen LogP contribution >= 0.6 is 0 Å². The van der Waals surface area contributed by atoms with E-state index in [0.717, 1.165) is 6.42 Å². The van der Waals surface area contributed by atoms with Crippen LogP contribution in [0, 0.1) is 0 Å². The van der Waals surface area contributed by atoms with Gasteiger partial charge in [-0.05, 0) is 6.42 Å². The van der Waals surface area contributed by atoms with Gasteiger partial charge in [0.1, 0.15) is 0 Å². The van der Waals surface area contributed by atoms with Crippen molar-refractivity contribution < 1.29 is 19.4 Å². The SMILES string of the molecule is COC(=O)C(O)CN1CCCNC1=O. The second-order valence-corrected chi connectivity index (χ2v) is 3.07. The number of hydrogen-bond donors (Lipinski definition) is 2. The van der Waals surface area contributed by atoms with Gasteiger partial charge in [-0.15, -0.1) is 0 Å². The number of aliphatic hydroxyl groups excluding tert-OH is 1. The molecular formula is C8H14N2O4.